The Labute approximate surface area is 162 Å². The lowest BCUT2D eigenvalue weighted by atomic mass is 9.94. The van der Waals surface area contributed by atoms with Crippen LogP contribution in [-0.2, 0) is 11.2 Å². The first-order valence-electron chi connectivity index (χ1n) is 9.94. The van der Waals surface area contributed by atoms with Crippen molar-refractivity contribution >= 4 is 17.5 Å². The first kappa shape index (κ1) is 19.5. The molecule has 4 nitrogen and oxygen atoms in total. The maximum atomic E-state index is 12.8. The first-order chi connectivity index (χ1) is 12.4. The Morgan fingerprint density at radius 1 is 1.19 bits per heavy atom. The Hall–Kier alpha value is -1.26. The van der Waals surface area contributed by atoms with Gasteiger partial charge in [0.15, 0.2) is 0 Å². The third-order valence-electron chi connectivity index (χ3n) is 6.09. The van der Waals surface area contributed by atoms with Crippen molar-refractivity contribution in [1.82, 2.24) is 9.80 Å². The Kier molecular flexibility index (Phi) is 6.46. The molecule has 2 aliphatic heterocycles. The molecule has 0 aliphatic carbocycles. The van der Waals surface area contributed by atoms with Crippen molar-refractivity contribution in [3.05, 3.63) is 28.8 Å². The molecule has 0 aromatic heterocycles. The van der Waals surface area contributed by atoms with Crippen LogP contribution in [0, 0.1) is 11.8 Å². The van der Waals surface area contributed by atoms with E-state index in [1.807, 2.05) is 17.9 Å². The molecule has 5 heteroatoms. The molecule has 1 atom stereocenters. The minimum absolute atomic E-state index is 0.0667. The van der Waals surface area contributed by atoms with Gasteiger partial charge in [-0.25, -0.2) is 0 Å². The van der Waals surface area contributed by atoms with Gasteiger partial charge in [-0.15, -0.1) is 0 Å². The lowest BCUT2D eigenvalue weighted by molar-refractivity contribution is -0.136. The first-order valence-corrected chi connectivity index (χ1v) is 10.3. The van der Waals surface area contributed by atoms with Crippen molar-refractivity contribution in [3.8, 4) is 5.75 Å². The number of nitrogens with zero attached hydrogens (tertiary/aromatic N) is 2. The average Bonchev–Trinajstić information content (AvgIpc) is 2.65. The summed E-state index contributed by atoms with van der Waals surface area (Å²) in [6.45, 7) is 8.52. The zero-order chi connectivity index (χ0) is 18.7. The number of carbonyl (C=O) groups is 1. The number of rotatable bonds is 4. The molecule has 1 aromatic rings. The minimum Gasteiger partial charge on any atom is -0.506 e. The van der Waals surface area contributed by atoms with E-state index in [9.17, 15) is 9.90 Å². The lowest BCUT2D eigenvalue weighted by Crippen LogP contribution is -2.49. The smallest absolute Gasteiger partial charge is 0.225 e. The van der Waals surface area contributed by atoms with Crippen LogP contribution in [0.2, 0.25) is 5.02 Å². The molecule has 1 amide bonds. The Morgan fingerprint density at radius 2 is 1.85 bits per heavy atom. The highest BCUT2D eigenvalue weighted by atomic mass is 35.5. The van der Waals surface area contributed by atoms with Crippen LogP contribution in [0.15, 0.2) is 18.2 Å². The summed E-state index contributed by atoms with van der Waals surface area (Å²) in [5.41, 5.74) is 0.992. The molecule has 2 aliphatic rings. The highest BCUT2D eigenvalue weighted by Gasteiger charge is 2.30. The summed E-state index contributed by atoms with van der Waals surface area (Å²) in [4.78, 5) is 17.5. The van der Waals surface area contributed by atoms with E-state index in [4.69, 9.17) is 11.6 Å². The number of benzene rings is 1. The van der Waals surface area contributed by atoms with Crippen molar-refractivity contribution in [3.63, 3.8) is 0 Å². The standard InChI is InChI=1S/C21H31ClN2O2/c1-15-5-9-23(10-6-15)18-7-11-24(12-8-18)21(26)16(2)13-17-3-4-20(25)19(22)14-17/h3-4,14-16,18,25H,5-13H2,1-2H3/t16-/m1/s1. The summed E-state index contributed by atoms with van der Waals surface area (Å²) in [6, 6.07) is 5.84. The summed E-state index contributed by atoms with van der Waals surface area (Å²) in [5, 5.41) is 9.87. The maximum absolute atomic E-state index is 12.8. The molecule has 144 valence electrons. The number of hydrogen-bond acceptors (Lipinski definition) is 3. The van der Waals surface area contributed by atoms with Crippen LogP contribution in [0.25, 0.3) is 0 Å². The molecule has 0 spiro atoms. The largest absolute Gasteiger partial charge is 0.506 e. The molecule has 0 unspecified atom stereocenters. The van der Waals surface area contributed by atoms with E-state index in [1.54, 1.807) is 12.1 Å². The molecule has 0 saturated carbocycles. The topological polar surface area (TPSA) is 43.8 Å². The molecule has 1 aromatic carbocycles. The normalized spacial score (nSPS) is 21.7. The number of phenolic OH excluding ortho intramolecular Hbond substituents is 1. The quantitative estimate of drug-likeness (QED) is 0.862. The van der Waals surface area contributed by atoms with Gasteiger partial charge in [0.2, 0.25) is 5.91 Å². The highest BCUT2D eigenvalue weighted by molar-refractivity contribution is 6.32. The van der Waals surface area contributed by atoms with E-state index in [-0.39, 0.29) is 17.6 Å². The van der Waals surface area contributed by atoms with E-state index < -0.39 is 0 Å². The Balaban J connectivity index is 1.48. The lowest BCUT2D eigenvalue weighted by Gasteiger charge is -2.41. The van der Waals surface area contributed by atoms with E-state index in [0.29, 0.717) is 17.5 Å². The number of carbonyl (C=O) groups excluding carboxylic acids is 1. The van der Waals surface area contributed by atoms with Gasteiger partial charge in [-0.1, -0.05) is 31.5 Å². The molecule has 26 heavy (non-hydrogen) atoms. The van der Waals surface area contributed by atoms with Crippen LogP contribution < -0.4 is 0 Å². The molecular formula is C21H31ClN2O2. The van der Waals surface area contributed by atoms with Gasteiger partial charge in [0.1, 0.15) is 5.75 Å². The SMILES string of the molecule is CC1CCN(C2CCN(C(=O)[C@H](C)Cc3ccc(O)c(Cl)c3)CC2)CC1. The van der Waals surface area contributed by atoms with Gasteiger partial charge < -0.3 is 14.9 Å². The fourth-order valence-corrected chi connectivity index (χ4v) is 4.48. The Morgan fingerprint density at radius 3 is 2.46 bits per heavy atom. The van der Waals surface area contributed by atoms with Crippen LogP contribution in [-0.4, -0.2) is 53.0 Å². The van der Waals surface area contributed by atoms with Crippen LogP contribution >= 0.6 is 11.6 Å². The number of hydrogen-bond donors (Lipinski definition) is 1. The number of amides is 1. The Bertz CT molecular complexity index is 620. The van der Waals surface area contributed by atoms with Crippen molar-refractivity contribution in [1.29, 1.82) is 0 Å². The van der Waals surface area contributed by atoms with Crippen molar-refractivity contribution < 1.29 is 9.90 Å². The third-order valence-corrected chi connectivity index (χ3v) is 6.39. The van der Waals surface area contributed by atoms with Crippen molar-refractivity contribution in [2.24, 2.45) is 11.8 Å². The number of likely N-dealkylation sites (tertiary alicyclic amines) is 2. The van der Waals surface area contributed by atoms with Gasteiger partial charge in [0.05, 0.1) is 5.02 Å². The van der Waals surface area contributed by atoms with E-state index in [0.717, 1.165) is 37.4 Å². The molecule has 0 bridgehead atoms. The molecule has 2 fully saturated rings. The molecule has 2 saturated heterocycles. The second-order valence-electron chi connectivity index (χ2n) is 8.17. The van der Waals surface area contributed by atoms with Crippen LogP contribution in [0.4, 0.5) is 0 Å². The summed E-state index contributed by atoms with van der Waals surface area (Å²) >= 11 is 5.97. The van der Waals surface area contributed by atoms with Gasteiger partial charge >= 0.3 is 0 Å². The zero-order valence-corrected chi connectivity index (χ0v) is 16.7. The van der Waals surface area contributed by atoms with Crippen LogP contribution in [0.5, 0.6) is 5.75 Å². The highest BCUT2D eigenvalue weighted by Crippen LogP contribution is 2.27. The van der Waals surface area contributed by atoms with E-state index in [2.05, 4.69) is 11.8 Å². The van der Waals surface area contributed by atoms with Gasteiger partial charge in [0.25, 0.3) is 0 Å². The van der Waals surface area contributed by atoms with Gasteiger partial charge in [-0.3, -0.25) is 4.79 Å². The molecular weight excluding hydrogens is 348 g/mol. The minimum atomic E-state index is -0.0667. The van der Waals surface area contributed by atoms with Crippen LogP contribution in [0.3, 0.4) is 0 Å². The van der Waals surface area contributed by atoms with Gasteiger partial charge in [0, 0.05) is 25.0 Å². The maximum Gasteiger partial charge on any atom is 0.225 e. The number of phenols is 1. The molecule has 3 rings (SSSR count). The molecule has 2 heterocycles. The van der Waals surface area contributed by atoms with Crippen LogP contribution in [0.1, 0.15) is 45.1 Å². The third kappa shape index (κ3) is 4.72. The fraction of sp³-hybridized carbons (Fsp3) is 0.667. The number of halogens is 1. The summed E-state index contributed by atoms with van der Waals surface area (Å²) in [6.07, 6.45) is 5.47. The summed E-state index contributed by atoms with van der Waals surface area (Å²) < 4.78 is 0. The zero-order valence-electron chi connectivity index (χ0n) is 16.0. The monoisotopic (exact) mass is 378 g/mol. The second kappa shape index (κ2) is 8.62. The van der Waals surface area contributed by atoms with Crippen molar-refractivity contribution in [2.45, 2.75) is 52.0 Å². The van der Waals surface area contributed by atoms with E-state index >= 15 is 0 Å². The summed E-state index contributed by atoms with van der Waals surface area (Å²) in [5.74, 6) is 1.12. The average molecular weight is 379 g/mol. The van der Waals surface area contributed by atoms with Gasteiger partial charge in [-0.05, 0) is 68.8 Å². The predicted molar refractivity (Wildman–Crippen MR) is 106 cm³/mol. The number of piperidine rings is 2. The fourth-order valence-electron chi connectivity index (χ4n) is 4.28. The molecule has 1 N–H and O–H groups in total. The number of aromatic hydroxyl groups is 1. The van der Waals surface area contributed by atoms with Gasteiger partial charge in [-0.2, -0.15) is 0 Å². The summed E-state index contributed by atoms with van der Waals surface area (Å²) in [7, 11) is 0. The van der Waals surface area contributed by atoms with E-state index in [1.165, 1.54) is 25.9 Å². The second-order valence-corrected chi connectivity index (χ2v) is 8.57. The molecule has 0 radical (unpaired) electrons. The van der Waals surface area contributed by atoms with Crippen molar-refractivity contribution in [2.75, 3.05) is 26.2 Å². The predicted octanol–water partition coefficient (Wildman–Crippen LogP) is 3.95.